The van der Waals surface area contributed by atoms with Crippen LogP contribution in [0.15, 0.2) is 42.7 Å². The summed E-state index contributed by atoms with van der Waals surface area (Å²) in [5, 5.41) is 9.23. The van der Waals surface area contributed by atoms with Crippen molar-refractivity contribution in [3.05, 3.63) is 54.1 Å². The molecule has 5 heteroatoms. The van der Waals surface area contributed by atoms with Crippen LogP contribution in [0.25, 0.3) is 16.9 Å². The van der Waals surface area contributed by atoms with Crippen molar-refractivity contribution in [1.82, 2.24) is 14.4 Å². The van der Waals surface area contributed by atoms with E-state index in [1.54, 1.807) is 19.3 Å². The van der Waals surface area contributed by atoms with Gasteiger partial charge in [-0.1, -0.05) is 30.3 Å². The maximum absolute atomic E-state index is 11.3. The van der Waals surface area contributed by atoms with Crippen LogP contribution in [0.5, 0.6) is 0 Å². The highest BCUT2D eigenvalue weighted by Crippen LogP contribution is 2.20. The largest absolute Gasteiger partial charge is 0.477 e. The molecule has 0 atom stereocenters. The first-order chi connectivity index (χ1) is 9.16. The van der Waals surface area contributed by atoms with Crippen LogP contribution in [-0.2, 0) is 0 Å². The number of nitrogens with zero attached hydrogens (tertiary/aromatic N) is 3. The van der Waals surface area contributed by atoms with Crippen molar-refractivity contribution in [2.75, 3.05) is 0 Å². The van der Waals surface area contributed by atoms with E-state index in [2.05, 4.69) is 9.97 Å². The number of aromatic nitrogens is 3. The van der Waals surface area contributed by atoms with Crippen molar-refractivity contribution in [2.24, 2.45) is 0 Å². The highest BCUT2D eigenvalue weighted by molar-refractivity contribution is 5.88. The van der Waals surface area contributed by atoms with Crippen molar-refractivity contribution in [3.8, 4) is 11.1 Å². The molecule has 1 N–H and O–H groups in total. The molecule has 0 bridgehead atoms. The molecular formula is C14H11N3O2. The molecule has 94 valence electrons. The number of imidazole rings is 1. The molecule has 0 aliphatic heterocycles. The van der Waals surface area contributed by atoms with Crippen LogP contribution in [0.1, 0.15) is 16.2 Å². The lowest BCUT2D eigenvalue weighted by Crippen LogP contribution is -2.04. The predicted octanol–water partition coefficient (Wildman–Crippen LogP) is 2.40. The van der Waals surface area contributed by atoms with Gasteiger partial charge in [0.25, 0.3) is 0 Å². The van der Waals surface area contributed by atoms with Crippen molar-refractivity contribution in [2.45, 2.75) is 6.92 Å². The topological polar surface area (TPSA) is 67.5 Å². The minimum Gasteiger partial charge on any atom is -0.477 e. The smallest absolute Gasteiger partial charge is 0.354 e. The monoisotopic (exact) mass is 253 g/mol. The first kappa shape index (κ1) is 11.4. The van der Waals surface area contributed by atoms with E-state index in [9.17, 15) is 9.90 Å². The summed E-state index contributed by atoms with van der Waals surface area (Å²) in [6.07, 6.45) is 3.45. The van der Waals surface area contributed by atoms with Crippen LogP contribution in [0, 0.1) is 6.92 Å². The Morgan fingerprint density at radius 1 is 1.21 bits per heavy atom. The molecule has 0 amide bonds. The second kappa shape index (κ2) is 4.20. The van der Waals surface area contributed by atoms with Crippen molar-refractivity contribution < 1.29 is 9.90 Å². The number of fused-ring (bicyclic) bond motifs is 1. The van der Waals surface area contributed by atoms with Gasteiger partial charge in [0.15, 0.2) is 5.69 Å². The SMILES string of the molecule is Cc1nc2ncc(-c3ccccc3)cn2c1C(=O)O. The minimum absolute atomic E-state index is 0.153. The average Bonchev–Trinajstić information content (AvgIpc) is 2.74. The first-order valence-electron chi connectivity index (χ1n) is 5.80. The van der Waals surface area contributed by atoms with Gasteiger partial charge in [-0.05, 0) is 12.5 Å². The number of rotatable bonds is 2. The van der Waals surface area contributed by atoms with Gasteiger partial charge in [0, 0.05) is 18.0 Å². The molecule has 5 nitrogen and oxygen atoms in total. The Morgan fingerprint density at radius 3 is 2.63 bits per heavy atom. The summed E-state index contributed by atoms with van der Waals surface area (Å²) in [5.41, 5.74) is 2.46. The van der Waals surface area contributed by atoms with Crippen LogP contribution in [0.3, 0.4) is 0 Å². The standard InChI is InChI=1S/C14H11N3O2/c1-9-12(13(18)19)17-8-11(7-15-14(17)16-9)10-5-3-2-4-6-10/h2-8H,1H3,(H,18,19). The Balaban J connectivity index is 2.25. The van der Waals surface area contributed by atoms with Gasteiger partial charge in [0.1, 0.15) is 0 Å². The highest BCUT2D eigenvalue weighted by Gasteiger charge is 2.16. The van der Waals surface area contributed by atoms with E-state index in [1.165, 1.54) is 4.40 Å². The molecule has 3 aromatic rings. The van der Waals surface area contributed by atoms with Gasteiger partial charge in [-0.15, -0.1) is 0 Å². The molecule has 0 saturated heterocycles. The molecule has 0 fully saturated rings. The van der Waals surface area contributed by atoms with Gasteiger partial charge in [-0.2, -0.15) is 0 Å². The van der Waals surface area contributed by atoms with Crippen LogP contribution < -0.4 is 0 Å². The maximum atomic E-state index is 11.3. The number of carbonyl (C=O) groups is 1. The van der Waals surface area contributed by atoms with Crippen LogP contribution in [-0.4, -0.2) is 25.4 Å². The van der Waals surface area contributed by atoms with E-state index < -0.39 is 5.97 Å². The zero-order chi connectivity index (χ0) is 13.4. The van der Waals surface area contributed by atoms with Gasteiger partial charge in [0.05, 0.1) is 5.69 Å². The summed E-state index contributed by atoms with van der Waals surface area (Å²) in [4.78, 5) is 19.6. The normalized spacial score (nSPS) is 10.8. The summed E-state index contributed by atoms with van der Waals surface area (Å²) < 4.78 is 1.51. The first-order valence-corrected chi connectivity index (χ1v) is 5.80. The Hall–Kier alpha value is -2.69. The fourth-order valence-corrected chi connectivity index (χ4v) is 2.08. The number of aryl methyl sites for hydroxylation is 1. The molecule has 0 aliphatic carbocycles. The van der Waals surface area contributed by atoms with E-state index in [4.69, 9.17) is 0 Å². The maximum Gasteiger partial charge on any atom is 0.354 e. The second-order valence-electron chi connectivity index (χ2n) is 4.23. The van der Waals surface area contributed by atoms with Crippen LogP contribution in [0.2, 0.25) is 0 Å². The van der Waals surface area contributed by atoms with Crippen LogP contribution >= 0.6 is 0 Å². The highest BCUT2D eigenvalue weighted by atomic mass is 16.4. The van der Waals surface area contributed by atoms with E-state index in [0.29, 0.717) is 11.5 Å². The predicted molar refractivity (Wildman–Crippen MR) is 70.1 cm³/mol. The Bertz CT molecular complexity index is 763. The summed E-state index contributed by atoms with van der Waals surface area (Å²) in [5.74, 6) is -0.605. The summed E-state index contributed by atoms with van der Waals surface area (Å²) >= 11 is 0. The third-order valence-electron chi connectivity index (χ3n) is 2.96. The van der Waals surface area contributed by atoms with Gasteiger partial charge in [-0.3, -0.25) is 4.40 Å². The van der Waals surface area contributed by atoms with Crippen molar-refractivity contribution in [3.63, 3.8) is 0 Å². The molecule has 0 spiro atoms. The Labute approximate surface area is 109 Å². The molecule has 1 aromatic carbocycles. The van der Waals surface area contributed by atoms with E-state index in [-0.39, 0.29) is 5.69 Å². The number of aromatic carboxylic acids is 1. The number of carboxylic acid groups (broad SMARTS) is 1. The lowest BCUT2D eigenvalue weighted by Gasteiger charge is -2.03. The van der Waals surface area contributed by atoms with Crippen LogP contribution in [0.4, 0.5) is 0 Å². The van der Waals surface area contributed by atoms with Gasteiger partial charge in [-0.25, -0.2) is 14.8 Å². The number of hydrogen-bond donors (Lipinski definition) is 1. The number of carboxylic acids is 1. The lowest BCUT2D eigenvalue weighted by molar-refractivity contribution is 0.0688. The second-order valence-corrected chi connectivity index (χ2v) is 4.23. The minimum atomic E-state index is -1.00. The van der Waals surface area contributed by atoms with Crippen molar-refractivity contribution in [1.29, 1.82) is 0 Å². The fraction of sp³-hybridized carbons (Fsp3) is 0.0714. The Morgan fingerprint density at radius 2 is 1.95 bits per heavy atom. The molecule has 3 rings (SSSR count). The lowest BCUT2D eigenvalue weighted by atomic mass is 10.1. The Kier molecular flexibility index (Phi) is 2.52. The molecule has 0 radical (unpaired) electrons. The zero-order valence-electron chi connectivity index (χ0n) is 10.2. The third-order valence-corrected chi connectivity index (χ3v) is 2.96. The van der Waals surface area contributed by atoms with Gasteiger partial charge < -0.3 is 5.11 Å². The molecule has 19 heavy (non-hydrogen) atoms. The van der Waals surface area contributed by atoms with Gasteiger partial charge >= 0.3 is 5.97 Å². The molecule has 0 saturated carbocycles. The molecule has 2 aromatic heterocycles. The third kappa shape index (κ3) is 1.85. The van der Waals surface area contributed by atoms with E-state index in [0.717, 1.165) is 11.1 Å². The zero-order valence-corrected chi connectivity index (χ0v) is 10.2. The fourth-order valence-electron chi connectivity index (χ4n) is 2.08. The van der Waals surface area contributed by atoms with E-state index in [1.807, 2.05) is 30.3 Å². The van der Waals surface area contributed by atoms with Crippen molar-refractivity contribution >= 4 is 11.7 Å². The average molecular weight is 253 g/mol. The van der Waals surface area contributed by atoms with E-state index >= 15 is 0 Å². The summed E-state index contributed by atoms with van der Waals surface area (Å²) in [7, 11) is 0. The molecule has 0 aliphatic rings. The summed E-state index contributed by atoms with van der Waals surface area (Å²) in [6.45, 7) is 1.67. The number of hydrogen-bond acceptors (Lipinski definition) is 3. The molecule has 2 heterocycles. The molecule has 0 unspecified atom stereocenters. The molecular weight excluding hydrogens is 242 g/mol. The quantitative estimate of drug-likeness (QED) is 0.761. The number of benzene rings is 1. The van der Waals surface area contributed by atoms with Gasteiger partial charge in [0.2, 0.25) is 5.78 Å². The summed E-state index contributed by atoms with van der Waals surface area (Å²) in [6, 6.07) is 9.69.